The number of hydrogen-bond acceptors (Lipinski definition) is 4. The highest BCUT2D eigenvalue weighted by atomic mass is 16.2. The number of carbonyl (C=O) groups excluding carboxylic acids is 2. The number of hydrogen-bond donors (Lipinski definition) is 3. The summed E-state index contributed by atoms with van der Waals surface area (Å²) in [6.07, 6.45) is 2.12. The maximum atomic E-state index is 11.8. The molecule has 6 heteroatoms. The number of rotatable bonds is 5. The molecule has 0 aliphatic heterocycles. The molecule has 0 saturated heterocycles. The molecule has 0 aromatic heterocycles. The Balaban J connectivity index is 2.08. The first kappa shape index (κ1) is 14.2. The molecule has 1 aromatic carbocycles. The van der Waals surface area contributed by atoms with E-state index in [1.807, 2.05) is 0 Å². The topological polar surface area (TPSA) is 87.5 Å². The van der Waals surface area contributed by atoms with E-state index >= 15 is 0 Å². The van der Waals surface area contributed by atoms with Gasteiger partial charge in [-0.1, -0.05) is 0 Å². The van der Waals surface area contributed by atoms with Crippen LogP contribution in [0.2, 0.25) is 0 Å². The van der Waals surface area contributed by atoms with Crippen LogP contribution in [0.1, 0.15) is 23.2 Å². The fourth-order valence-corrected chi connectivity index (χ4v) is 1.96. The molecule has 1 aliphatic rings. The molecule has 0 heterocycles. The maximum absolute atomic E-state index is 11.8. The minimum atomic E-state index is -0.179. The second-order valence-corrected chi connectivity index (χ2v) is 5.05. The first-order valence-corrected chi connectivity index (χ1v) is 6.63. The van der Waals surface area contributed by atoms with Crippen molar-refractivity contribution in [2.24, 2.45) is 0 Å². The van der Waals surface area contributed by atoms with E-state index in [-0.39, 0.29) is 18.4 Å². The SMILES string of the molecule is CNC(=O)c1ccc(N)c(N(C)CC(=O)NC2CC2)c1. The number of anilines is 2. The monoisotopic (exact) mass is 276 g/mol. The van der Waals surface area contributed by atoms with Crippen LogP contribution >= 0.6 is 0 Å². The van der Waals surface area contributed by atoms with Crippen molar-refractivity contribution in [1.82, 2.24) is 10.6 Å². The summed E-state index contributed by atoms with van der Waals surface area (Å²) in [7, 11) is 3.36. The first-order valence-electron chi connectivity index (χ1n) is 6.63. The van der Waals surface area contributed by atoms with Crippen LogP contribution in [0, 0.1) is 0 Å². The Kier molecular flexibility index (Phi) is 4.12. The summed E-state index contributed by atoms with van der Waals surface area (Å²) in [5.74, 6) is -0.207. The highest BCUT2D eigenvalue weighted by Crippen LogP contribution is 2.24. The van der Waals surface area contributed by atoms with Crippen molar-refractivity contribution in [2.75, 3.05) is 31.3 Å². The number of nitrogens with zero attached hydrogens (tertiary/aromatic N) is 1. The molecule has 6 nitrogen and oxygen atoms in total. The lowest BCUT2D eigenvalue weighted by molar-refractivity contribution is -0.119. The number of nitrogens with two attached hydrogens (primary N) is 1. The average molecular weight is 276 g/mol. The Morgan fingerprint density at radius 1 is 1.40 bits per heavy atom. The van der Waals surface area contributed by atoms with E-state index in [1.54, 1.807) is 37.2 Å². The van der Waals surface area contributed by atoms with E-state index in [0.29, 0.717) is 23.0 Å². The molecule has 1 aliphatic carbocycles. The quantitative estimate of drug-likeness (QED) is 0.677. The predicted molar refractivity (Wildman–Crippen MR) is 78.7 cm³/mol. The van der Waals surface area contributed by atoms with E-state index in [2.05, 4.69) is 10.6 Å². The third kappa shape index (κ3) is 3.40. The summed E-state index contributed by atoms with van der Waals surface area (Å²) in [6.45, 7) is 0.220. The van der Waals surface area contributed by atoms with Crippen molar-refractivity contribution in [2.45, 2.75) is 18.9 Å². The number of nitrogens with one attached hydrogen (secondary N) is 2. The second kappa shape index (κ2) is 5.81. The molecule has 1 fully saturated rings. The molecule has 0 atom stereocenters. The Morgan fingerprint density at radius 3 is 2.70 bits per heavy atom. The van der Waals surface area contributed by atoms with Crippen LogP contribution in [0.25, 0.3) is 0 Å². The molecular weight excluding hydrogens is 256 g/mol. The van der Waals surface area contributed by atoms with Gasteiger partial charge in [0.25, 0.3) is 5.91 Å². The Bertz CT molecular complexity index is 526. The van der Waals surface area contributed by atoms with Crippen LogP contribution in [-0.2, 0) is 4.79 Å². The zero-order valence-electron chi connectivity index (χ0n) is 11.8. The number of carbonyl (C=O) groups is 2. The summed E-state index contributed by atoms with van der Waals surface area (Å²) in [5.41, 5.74) is 7.65. The van der Waals surface area contributed by atoms with E-state index in [0.717, 1.165) is 12.8 Å². The van der Waals surface area contributed by atoms with Gasteiger partial charge in [-0.15, -0.1) is 0 Å². The van der Waals surface area contributed by atoms with Crippen molar-refractivity contribution in [3.8, 4) is 0 Å². The Hall–Kier alpha value is -2.24. The molecule has 4 N–H and O–H groups in total. The lowest BCUT2D eigenvalue weighted by Crippen LogP contribution is -2.36. The summed E-state index contributed by atoms with van der Waals surface area (Å²) < 4.78 is 0. The van der Waals surface area contributed by atoms with Crippen LogP contribution in [0.3, 0.4) is 0 Å². The summed E-state index contributed by atoms with van der Waals surface area (Å²) in [5, 5.41) is 5.49. The number of nitrogen functional groups attached to an aromatic ring is 1. The van der Waals surface area contributed by atoms with E-state index in [4.69, 9.17) is 5.73 Å². The molecule has 0 unspecified atom stereocenters. The van der Waals surface area contributed by atoms with Crippen LogP contribution in [0.4, 0.5) is 11.4 Å². The van der Waals surface area contributed by atoms with E-state index in [1.165, 1.54) is 0 Å². The van der Waals surface area contributed by atoms with Crippen molar-refractivity contribution < 1.29 is 9.59 Å². The molecule has 0 spiro atoms. The van der Waals surface area contributed by atoms with Gasteiger partial charge in [0, 0.05) is 25.7 Å². The van der Waals surface area contributed by atoms with Gasteiger partial charge >= 0.3 is 0 Å². The minimum absolute atomic E-state index is 0.0280. The summed E-state index contributed by atoms with van der Waals surface area (Å²) in [4.78, 5) is 25.2. The van der Waals surface area contributed by atoms with Gasteiger partial charge in [-0.25, -0.2) is 0 Å². The summed E-state index contributed by atoms with van der Waals surface area (Å²) >= 11 is 0. The third-order valence-electron chi connectivity index (χ3n) is 3.25. The molecule has 20 heavy (non-hydrogen) atoms. The van der Waals surface area contributed by atoms with E-state index in [9.17, 15) is 9.59 Å². The molecular formula is C14H20N4O2. The van der Waals surface area contributed by atoms with Crippen molar-refractivity contribution in [3.05, 3.63) is 23.8 Å². The largest absolute Gasteiger partial charge is 0.397 e. The molecule has 0 radical (unpaired) electrons. The average Bonchev–Trinajstić information content (AvgIpc) is 3.21. The zero-order chi connectivity index (χ0) is 14.7. The molecule has 1 aromatic rings. The fourth-order valence-electron chi connectivity index (χ4n) is 1.96. The van der Waals surface area contributed by atoms with Crippen LogP contribution in [0.5, 0.6) is 0 Å². The number of benzene rings is 1. The highest BCUT2D eigenvalue weighted by molar-refractivity contribution is 5.96. The first-order chi connectivity index (χ1) is 9.51. The molecule has 0 bridgehead atoms. The molecule has 1 saturated carbocycles. The standard InChI is InChI=1S/C14H20N4O2/c1-16-14(20)9-3-6-11(15)12(7-9)18(2)8-13(19)17-10-4-5-10/h3,6-7,10H,4-5,8,15H2,1-2H3,(H,16,20)(H,17,19). The van der Waals surface area contributed by atoms with Crippen LogP contribution < -0.4 is 21.3 Å². The van der Waals surface area contributed by atoms with Gasteiger partial charge in [-0.2, -0.15) is 0 Å². The third-order valence-corrected chi connectivity index (χ3v) is 3.25. The molecule has 2 amide bonds. The Morgan fingerprint density at radius 2 is 2.10 bits per heavy atom. The lowest BCUT2D eigenvalue weighted by atomic mass is 10.1. The van der Waals surface area contributed by atoms with Gasteiger partial charge in [-0.05, 0) is 31.0 Å². The Labute approximate surface area is 118 Å². The molecule has 2 rings (SSSR count). The molecule has 108 valence electrons. The van der Waals surface area contributed by atoms with E-state index < -0.39 is 0 Å². The normalized spacial score (nSPS) is 13.7. The van der Waals surface area contributed by atoms with Gasteiger partial charge in [0.15, 0.2) is 0 Å². The smallest absolute Gasteiger partial charge is 0.251 e. The van der Waals surface area contributed by atoms with Gasteiger partial charge in [0.1, 0.15) is 0 Å². The fraction of sp³-hybridized carbons (Fsp3) is 0.429. The van der Waals surface area contributed by atoms with Crippen molar-refractivity contribution >= 4 is 23.2 Å². The zero-order valence-corrected chi connectivity index (χ0v) is 11.8. The van der Waals surface area contributed by atoms with Crippen molar-refractivity contribution in [3.63, 3.8) is 0 Å². The van der Waals surface area contributed by atoms with Gasteiger partial charge < -0.3 is 21.3 Å². The van der Waals surface area contributed by atoms with Gasteiger partial charge in [0.05, 0.1) is 17.9 Å². The number of likely N-dealkylation sites (N-methyl/N-ethyl adjacent to an activating group) is 1. The van der Waals surface area contributed by atoms with Gasteiger partial charge in [-0.3, -0.25) is 9.59 Å². The number of amides is 2. The lowest BCUT2D eigenvalue weighted by Gasteiger charge is -2.21. The van der Waals surface area contributed by atoms with Crippen molar-refractivity contribution in [1.29, 1.82) is 0 Å². The second-order valence-electron chi connectivity index (χ2n) is 5.05. The van der Waals surface area contributed by atoms with Crippen LogP contribution in [0.15, 0.2) is 18.2 Å². The minimum Gasteiger partial charge on any atom is -0.397 e. The summed E-state index contributed by atoms with van der Waals surface area (Å²) in [6, 6.07) is 5.37. The maximum Gasteiger partial charge on any atom is 0.251 e. The highest BCUT2D eigenvalue weighted by Gasteiger charge is 2.23. The van der Waals surface area contributed by atoms with Gasteiger partial charge in [0.2, 0.25) is 5.91 Å². The predicted octanol–water partition coefficient (Wildman–Crippen LogP) is 0.343. The van der Waals surface area contributed by atoms with Crippen LogP contribution in [-0.4, -0.2) is 38.5 Å².